The molecule has 1 radical (unpaired) electrons. The molecule has 3 rings (SSSR count). The third-order valence-corrected chi connectivity index (χ3v) is 2.63. The van der Waals surface area contributed by atoms with Crippen LogP contribution in [-0.4, -0.2) is 32.8 Å². The van der Waals surface area contributed by atoms with Crippen LogP contribution in [0.1, 0.15) is 0 Å². The second kappa shape index (κ2) is 0.485. The van der Waals surface area contributed by atoms with E-state index in [4.69, 9.17) is 0 Å². The average Bonchev–Trinajstić information content (AvgIpc) is 2.04. The predicted octanol–water partition coefficient (Wildman–Crippen LogP) is -1.44. The molecule has 21 valence electrons. The minimum absolute atomic E-state index is 1.15. The summed E-state index contributed by atoms with van der Waals surface area (Å²) in [5.74, 6) is 0. The summed E-state index contributed by atoms with van der Waals surface area (Å²) in [4.78, 5) is 0. The first-order valence-corrected chi connectivity index (χ1v) is 2.82. The number of hydrogen-bond acceptors (Lipinski definition) is 0. The van der Waals surface area contributed by atoms with E-state index in [2.05, 4.69) is 7.06 Å². The molecule has 0 spiro atoms. The van der Waals surface area contributed by atoms with Crippen LogP contribution in [0, 0.1) is 0 Å². The van der Waals surface area contributed by atoms with Crippen molar-refractivity contribution in [2.45, 2.75) is 6.22 Å². The van der Waals surface area contributed by atoms with Crippen LogP contribution in [0.25, 0.3) is 0 Å². The summed E-state index contributed by atoms with van der Waals surface area (Å²) in [7, 11) is 2.51. The molecule has 0 nitrogen and oxygen atoms in total. The third-order valence-electron chi connectivity index (χ3n) is 2.63. The minimum atomic E-state index is 1.15. The zero-order chi connectivity index (χ0) is 3.72. The van der Waals surface area contributed by atoms with Crippen LogP contribution < -0.4 is 0 Å². The average molecular weight is 68.1 g/mol. The summed E-state index contributed by atoms with van der Waals surface area (Å²) in [6.07, 6.45) is 3.89. The summed E-state index contributed by atoms with van der Waals surface area (Å²) in [5, 5.41) is 0. The molecule has 3 saturated heterocycles. The lowest BCUT2D eigenvalue weighted by Gasteiger charge is -1.97. The van der Waals surface area contributed by atoms with Gasteiger partial charge >= 0.3 is 0 Å². The van der Waals surface area contributed by atoms with Gasteiger partial charge < -0.3 is 0 Å². The molecule has 0 aromatic heterocycles. The van der Waals surface area contributed by atoms with Gasteiger partial charge in [0, 0.05) is 32.8 Å². The molecule has 0 saturated carbocycles. The Labute approximate surface area is 39.9 Å². The smallest absolute Gasteiger partial charge is 0.0435 e. The van der Waals surface area contributed by atoms with Gasteiger partial charge in [0.15, 0.2) is 0 Å². The van der Waals surface area contributed by atoms with Gasteiger partial charge in [0.2, 0.25) is 0 Å². The van der Waals surface area contributed by atoms with Crippen molar-refractivity contribution in [3.8, 4) is 0 Å². The highest BCUT2D eigenvalue weighted by Gasteiger charge is 2.74. The summed E-state index contributed by atoms with van der Waals surface area (Å²) >= 11 is 0. The molecule has 0 bridgehead atoms. The van der Waals surface area contributed by atoms with Crippen molar-refractivity contribution in [1.29, 1.82) is 0 Å². The maximum absolute atomic E-state index is 2.51. The van der Waals surface area contributed by atoms with Gasteiger partial charge in [-0.05, 0) is 0 Å². The van der Waals surface area contributed by atoms with Crippen molar-refractivity contribution < 1.29 is 0 Å². The molecular weight excluding hydrogens is 66.1 g/mol. The van der Waals surface area contributed by atoms with Crippen LogP contribution >= 0.6 is 0 Å². The van der Waals surface area contributed by atoms with E-state index >= 15 is 0 Å². The second-order valence-corrected chi connectivity index (χ2v) is 2.91. The first-order chi connectivity index (χ1) is 2.97. The van der Waals surface area contributed by atoms with Crippen LogP contribution in [-0.2, 0) is 0 Å². The largest absolute Gasteiger partial charge is 0.122 e. The molecule has 0 amide bonds. The van der Waals surface area contributed by atoms with Crippen molar-refractivity contribution in [1.82, 2.24) is 0 Å². The zero-order valence-electron chi connectivity index (χ0n) is 3.59. The van der Waals surface area contributed by atoms with Gasteiger partial charge in [-0.25, -0.2) is 0 Å². The normalized spacial score (nSPS) is 30.7. The molecular formula is CH2B5. The number of hydrogen-bond donors (Lipinski definition) is 0. The summed E-state index contributed by atoms with van der Waals surface area (Å²) in [5.41, 5.74) is 0. The summed E-state index contributed by atoms with van der Waals surface area (Å²) in [6, 6.07) is 0. The Morgan fingerprint density at radius 1 is 1.17 bits per heavy atom. The maximum atomic E-state index is 2.51. The lowest BCUT2D eigenvalue weighted by atomic mass is 8.81. The molecule has 0 unspecified atom stereocenters. The van der Waals surface area contributed by atoms with E-state index in [0.29, 0.717) is 0 Å². The highest BCUT2D eigenvalue weighted by atomic mass is 13.8. The van der Waals surface area contributed by atoms with E-state index in [-0.39, 0.29) is 0 Å². The molecule has 0 atom stereocenters. The molecule has 5 heteroatoms. The van der Waals surface area contributed by atoms with Crippen molar-refractivity contribution >= 4 is 32.8 Å². The molecule has 6 heavy (non-hydrogen) atoms. The fourth-order valence-electron chi connectivity index (χ4n) is 2.02. The van der Waals surface area contributed by atoms with E-state index < -0.39 is 0 Å². The zero-order valence-corrected chi connectivity index (χ0v) is 3.59. The van der Waals surface area contributed by atoms with E-state index in [1.54, 1.807) is 6.22 Å². The lowest BCUT2D eigenvalue weighted by molar-refractivity contribution is 2.23. The van der Waals surface area contributed by atoms with E-state index in [1.807, 2.05) is 0 Å². The predicted molar refractivity (Wildman–Crippen MR) is 33.6 cm³/mol. The second-order valence-electron chi connectivity index (χ2n) is 2.91. The van der Waals surface area contributed by atoms with Crippen molar-refractivity contribution in [2.75, 3.05) is 0 Å². The van der Waals surface area contributed by atoms with Crippen LogP contribution in [0.4, 0.5) is 0 Å². The third kappa shape index (κ3) is 0.116. The van der Waals surface area contributed by atoms with Crippen LogP contribution in [0.15, 0.2) is 0 Å². The lowest BCUT2D eigenvalue weighted by Crippen LogP contribution is -2.38. The molecule has 0 aromatic rings. The number of rotatable bonds is 0. The van der Waals surface area contributed by atoms with Crippen molar-refractivity contribution in [3.63, 3.8) is 0 Å². The highest BCUT2D eigenvalue weighted by molar-refractivity contribution is 8.34. The maximum Gasteiger partial charge on any atom is 0.0435 e. The topological polar surface area (TPSA) is 0 Å². The molecule has 0 aliphatic carbocycles. The van der Waals surface area contributed by atoms with E-state index in [9.17, 15) is 0 Å². The molecule has 0 N–H and O–H groups in total. The fraction of sp³-hybridized carbons (Fsp3) is 1.00. The molecule has 3 aliphatic heterocycles. The van der Waals surface area contributed by atoms with Gasteiger partial charge in [-0.3, -0.25) is 0 Å². The molecule has 3 heterocycles. The van der Waals surface area contributed by atoms with Gasteiger partial charge in [0.25, 0.3) is 0 Å². The Bertz CT molecular complexity index is 76.5. The molecule has 3 aliphatic rings. The van der Waals surface area contributed by atoms with Crippen LogP contribution in [0.2, 0.25) is 6.22 Å². The minimum Gasteiger partial charge on any atom is -0.122 e. The molecule has 0 aromatic carbocycles. The Balaban J connectivity index is 2.15. The van der Waals surface area contributed by atoms with Crippen LogP contribution in [0.3, 0.4) is 0 Å². The number of fused-ring (bicyclic) bond motifs is 4. The Hall–Kier alpha value is 0.325. The van der Waals surface area contributed by atoms with Gasteiger partial charge in [0.1, 0.15) is 0 Å². The Kier molecular flexibility index (Phi) is 0.209. The van der Waals surface area contributed by atoms with Crippen molar-refractivity contribution in [2.24, 2.45) is 0 Å². The van der Waals surface area contributed by atoms with E-state index in [0.717, 1.165) is 12.8 Å². The first-order valence-electron chi connectivity index (χ1n) is 2.82. The van der Waals surface area contributed by atoms with Gasteiger partial charge in [-0.1, -0.05) is 0 Å². The highest BCUT2D eigenvalue weighted by Crippen LogP contribution is 2.43. The Morgan fingerprint density at radius 2 is 1.83 bits per heavy atom. The summed E-state index contributed by atoms with van der Waals surface area (Å²) < 4.78 is 0. The van der Waals surface area contributed by atoms with Crippen molar-refractivity contribution in [3.05, 3.63) is 0 Å². The van der Waals surface area contributed by atoms with Crippen LogP contribution in [0.5, 0.6) is 0 Å². The SMILES string of the molecule is [B]1B2B1B1CB21. The fourth-order valence-corrected chi connectivity index (χ4v) is 2.02. The quantitative estimate of drug-likeness (QED) is 0.305. The summed E-state index contributed by atoms with van der Waals surface area (Å²) in [6.45, 7) is 2.44. The Morgan fingerprint density at radius 3 is 2.00 bits per heavy atom. The first kappa shape index (κ1) is 2.59. The monoisotopic (exact) mass is 69.1 g/mol. The molecule has 3 fully saturated rings. The van der Waals surface area contributed by atoms with Gasteiger partial charge in [0.05, 0.1) is 0 Å². The van der Waals surface area contributed by atoms with E-state index in [1.165, 1.54) is 13.0 Å². The van der Waals surface area contributed by atoms with Gasteiger partial charge in [-0.15, -0.1) is 6.22 Å². The standard InChI is InChI=1S/CH2B5/c1-3-4(1)6-2-5(3)6/h1H2. The van der Waals surface area contributed by atoms with Gasteiger partial charge in [-0.2, -0.15) is 0 Å².